The molecular formula is C19H23NO2S2. The first kappa shape index (κ1) is 20.3. The number of imide groups is 1. The zero-order valence-corrected chi connectivity index (χ0v) is 16.2. The van der Waals surface area contributed by atoms with Crippen molar-refractivity contribution >= 4 is 35.3 Å². The lowest BCUT2D eigenvalue weighted by molar-refractivity contribution is -0.135. The van der Waals surface area contributed by atoms with Crippen molar-refractivity contribution in [1.82, 2.24) is 4.90 Å². The number of rotatable bonds is 8. The van der Waals surface area contributed by atoms with Gasteiger partial charge in [-0.2, -0.15) is 0 Å². The Kier molecular flexibility index (Phi) is 8.65. The normalized spacial score (nSPS) is 16.7. The van der Waals surface area contributed by atoms with E-state index >= 15 is 0 Å². The second-order valence-corrected chi connectivity index (χ2v) is 7.39. The number of likely N-dealkylation sites (N-methyl/N-ethyl adjacent to an activating group) is 1. The van der Waals surface area contributed by atoms with Gasteiger partial charge in [0.2, 0.25) is 0 Å². The predicted octanol–water partition coefficient (Wildman–Crippen LogP) is 5.18. The summed E-state index contributed by atoms with van der Waals surface area (Å²) in [5.74, 6) is -0.532. The van der Waals surface area contributed by atoms with Gasteiger partial charge >= 0.3 is 0 Å². The number of nitrogens with zero attached hydrogens (tertiary/aromatic N) is 1. The minimum absolute atomic E-state index is 0.259. The van der Waals surface area contributed by atoms with Gasteiger partial charge in [0, 0.05) is 12.0 Å². The molecule has 2 amide bonds. The molecule has 24 heavy (non-hydrogen) atoms. The lowest BCUT2D eigenvalue weighted by Crippen LogP contribution is -2.26. The van der Waals surface area contributed by atoms with Gasteiger partial charge in [0.05, 0.1) is 9.81 Å². The van der Waals surface area contributed by atoms with E-state index in [4.69, 9.17) is 0 Å². The van der Waals surface area contributed by atoms with Crippen LogP contribution in [-0.2, 0) is 9.59 Å². The van der Waals surface area contributed by atoms with E-state index in [9.17, 15) is 9.59 Å². The fraction of sp³-hybridized carbons (Fsp3) is 0.263. The summed E-state index contributed by atoms with van der Waals surface area (Å²) in [4.78, 5) is 28.4. The minimum Gasteiger partial charge on any atom is -0.277 e. The fourth-order valence-electron chi connectivity index (χ4n) is 1.74. The number of allylic oxidation sites excluding steroid dienone is 8. The molecule has 0 bridgehead atoms. The molecule has 0 N–H and O–H groups in total. The summed E-state index contributed by atoms with van der Waals surface area (Å²) in [6.07, 6.45) is 14.4. The summed E-state index contributed by atoms with van der Waals surface area (Å²) in [6, 6.07) is 0. The third kappa shape index (κ3) is 5.73. The van der Waals surface area contributed by atoms with Crippen molar-refractivity contribution in [3.8, 4) is 0 Å². The second-order valence-electron chi connectivity index (χ2n) is 5.00. The summed E-state index contributed by atoms with van der Waals surface area (Å²) >= 11 is 2.57. The molecule has 0 radical (unpaired) electrons. The first-order chi connectivity index (χ1) is 11.4. The lowest BCUT2D eigenvalue weighted by Gasteiger charge is -2.06. The number of hydrogen-bond donors (Lipinski definition) is 0. The molecular weight excluding hydrogens is 338 g/mol. The summed E-state index contributed by atoms with van der Waals surface area (Å²) in [5, 5.41) is 0. The first-order valence-electron chi connectivity index (χ1n) is 7.66. The summed E-state index contributed by atoms with van der Waals surface area (Å²) in [7, 11) is 1.51. The van der Waals surface area contributed by atoms with E-state index in [1.807, 2.05) is 56.4 Å². The summed E-state index contributed by atoms with van der Waals surface area (Å²) in [6.45, 7) is 9.85. The average Bonchev–Trinajstić information content (AvgIpc) is 2.73. The van der Waals surface area contributed by atoms with Crippen LogP contribution in [0.25, 0.3) is 0 Å². The van der Waals surface area contributed by atoms with Gasteiger partial charge < -0.3 is 0 Å². The molecule has 0 aromatic carbocycles. The highest BCUT2D eigenvalue weighted by Crippen LogP contribution is 2.41. The van der Waals surface area contributed by atoms with E-state index in [1.54, 1.807) is 0 Å². The van der Waals surface area contributed by atoms with Crippen molar-refractivity contribution in [1.29, 1.82) is 0 Å². The Morgan fingerprint density at radius 2 is 1.75 bits per heavy atom. The van der Waals surface area contributed by atoms with Crippen LogP contribution in [0.5, 0.6) is 0 Å². The lowest BCUT2D eigenvalue weighted by atomic mass is 10.4. The Morgan fingerprint density at radius 3 is 2.33 bits per heavy atom. The van der Waals surface area contributed by atoms with Gasteiger partial charge in [0.25, 0.3) is 11.8 Å². The van der Waals surface area contributed by atoms with Crippen LogP contribution in [0.4, 0.5) is 0 Å². The van der Waals surface area contributed by atoms with Gasteiger partial charge in [-0.25, -0.2) is 0 Å². The van der Waals surface area contributed by atoms with Gasteiger partial charge in [-0.1, -0.05) is 73.5 Å². The van der Waals surface area contributed by atoms with Crippen molar-refractivity contribution in [2.45, 2.75) is 27.2 Å². The van der Waals surface area contributed by atoms with E-state index in [0.29, 0.717) is 14.7 Å². The Bertz CT molecular complexity index is 667. The van der Waals surface area contributed by atoms with E-state index in [1.165, 1.54) is 30.6 Å². The maximum atomic E-state index is 12.3. The zero-order chi connectivity index (χ0) is 18.1. The van der Waals surface area contributed by atoms with Crippen LogP contribution >= 0.6 is 23.5 Å². The van der Waals surface area contributed by atoms with Crippen LogP contribution in [0.1, 0.15) is 27.2 Å². The van der Waals surface area contributed by atoms with E-state index in [-0.39, 0.29) is 11.8 Å². The molecule has 0 fully saturated rings. The van der Waals surface area contributed by atoms with Crippen molar-refractivity contribution in [3.05, 3.63) is 68.7 Å². The molecule has 0 atom stereocenters. The molecule has 0 spiro atoms. The monoisotopic (exact) mass is 361 g/mol. The molecule has 1 aliphatic heterocycles. The molecule has 0 saturated carbocycles. The van der Waals surface area contributed by atoms with Gasteiger partial charge in [-0.15, -0.1) is 0 Å². The molecule has 5 heteroatoms. The molecule has 3 nitrogen and oxygen atoms in total. The molecule has 0 aromatic heterocycles. The second kappa shape index (κ2) is 10.2. The highest BCUT2D eigenvalue weighted by atomic mass is 32.2. The van der Waals surface area contributed by atoms with Crippen molar-refractivity contribution < 1.29 is 9.59 Å². The number of thioether (sulfide) groups is 2. The standard InChI is InChI=1S/C19H23NO2S2/c1-6-8-10-12-14(3)23-16-17(19(22)20(5)18(16)21)24-15(4)13-11-9-7-2/h6,8-13H,3,7H2,1-2,4-5H3/b8-6-,11-9-,12-10-,15-13+. The van der Waals surface area contributed by atoms with Gasteiger partial charge in [-0.05, 0) is 31.2 Å². The van der Waals surface area contributed by atoms with Crippen LogP contribution in [0.3, 0.4) is 0 Å². The molecule has 1 rings (SSSR count). The third-order valence-corrected chi connectivity index (χ3v) is 5.14. The molecule has 0 aromatic rings. The van der Waals surface area contributed by atoms with E-state index < -0.39 is 0 Å². The largest absolute Gasteiger partial charge is 0.277 e. The molecule has 0 unspecified atom stereocenters. The topological polar surface area (TPSA) is 37.4 Å². The molecule has 1 heterocycles. The smallest absolute Gasteiger partial charge is 0.268 e. The number of carbonyl (C=O) groups excluding carboxylic acids is 2. The predicted molar refractivity (Wildman–Crippen MR) is 106 cm³/mol. The Labute approximate surface area is 152 Å². The molecule has 0 saturated heterocycles. The third-order valence-electron chi connectivity index (χ3n) is 2.99. The van der Waals surface area contributed by atoms with Crippen LogP contribution < -0.4 is 0 Å². The fourth-order valence-corrected chi connectivity index (χ4v) is 3.68. The number of hydrogen-bond acceptors (Lipinski definition) is 4. The average molecular weight is 362 g/mol. The van der Waals surface area contributed by atoms with Crippen molar-refractivity contribution in [2.75, 3.05) is 7.05 Å². The molecule has 128 valence electrons. The maximum Gasteiger partial charge on any atom is 0.268 e. The van der Waals surface area contributed by atoms with Gasteiger partial charge in [0.1, 0.15) is 0 Å². The highest BCUT2D eigenvalue weighted by Gasteiger charge is 2.36. The summed E-state index contributed by atoms with van der Waals surface area (Å²) < 4.78 is 0. The Hall–Kier alpha value is -1.72. The van der Waals surface area contributed by atoms with Crippen LogP contribution in [0.2, 0.25) is 0 Å². The molecule has 0 aliphatic carbocycles. The maximum absolute atomic E-state index is 12.3. The van der Waals surface area contributed by atoms with Gasteiger partial charge in [-0.3, -0.25) is 14.5 Å². The number of amides is 2. The highest BCUT2D eigenvalue weighted by molar-refractivity contribution is 8.11. The zero-order valence-electron chi connectivity index (χ0n) is 14.5. The van der Waals surface area contributed by atoms with E-state index in [2.05, 4.69) is 13.5 Å². The summed E-state index contributed by atoms with van der Waals surface area (Å²) in [5.41, 5.74) is 0. The number of carbonyl (C=O) groups is 2. The van der Waals surface area contributed by atoms with Crippen molar-refractivity contribution in [2.24, 2.45) is 0 Å². The minimum atomic E-state index is -0.273. The Morgan fingerprint density at radius 1 is 1.12 bits per heavy atom. The van der Waals surface area contributed by atoms with Crippen LogP contribution in [0, 0.1) is 0 Å². The first-order valence-corrected chi connectivity index (χ1v) is 9.29. The molecule has 1 aliphatic rings. The van der Waals surface area contributed by atoms with Crippen molar-refractivity contribution in [3.63, 3.8) is 0 Å². The Balaban J connectivity index is 3.03. The van der Waals surface area contributed by atoms with Crippen LogP contribution in [-0.4, -0.2) is 23.8 Å². The quantitative estimate of drug-likeness (QED) is 0.441. The van der Waals surface area contributed by atoms with Gasteiger partial charge in [0.15, 0.2) is 0 Å². The van der Waals surface area contributed by atoms with E-state index in [0.717, 1.165) is 16.2 Å². The SMILES string of the molecule is C=C(/C=C\C=C/C)SC1=C(S/C(C)=C/C=C\CC)C(=O)N(C)C1=O. The van der Waals surface area contributed by atoms with Crippen LogP contribution in [0.15, 0.2) is 68.7 Å².